The number of esters is 1. The number of hydrogen-bond donors (Lipinski definition) is 1. The molecular weight excluding hydrogens is 394 g/mol. The molecule has 5 aliphatic rings. The average molecular weight is 420 g/mol. The van der Waals surface area contributed by atoms with Crippen LogP contribution in [0.25, 0.3) is 0 Å². The van der Waals surface area contributed by atoms with E-state index in [1.54, 1.807) is 18.2 Å². The van der Waals surface area contributed by atoms with Gasteiger partial charge < -0.3 is 19.5 Å². The summed E-state index contributed by atoms with van der Waals surface area (Å²) in [6, 6.07) is 5.26. The van der Waals surface area contributed by atoms with Crippen molar-refractivity contribution in [1.82, 2.24) is 0 Å². The molecular formula is C22H26ClNO5. The number of anilines is 1. The molecule has 1 N–H and O–H groups in total. The number of rotatable bonds is 4. The highest BCUT2D eigenvalue weighted by atomic mass is 35.5. The number of carbonyl (C=O) groups excluding carboxylic acids is 2. The number of hydrogen-bond acceptors (Lipinski definition) is 5. The minimum absolute atomic E-state index is 0.255. The summed E-state index contributed by atoms with van der Waals surface area (Å²) in [6.07, 6.45) is 6.38. The lowest BCUT2D eigenvalue weighted by Gasteiger charge is -2.58. The summed E-state index contributed by atoms with van der Waals surface area (Å²) in [5, 5.41) is 2.77. The standard InChI is InChI=1S/C22H26ClNO5/c23-22-10-14-6-15(11-22)9-21(8-14,13-22)20(26)29-12-19(25)24-16-2-3-17-18(7-16)28-5-1-4-27-17/h2-3,7,14-15H,1,4-6,8-13H2,(H,24,25)/t14-,15+,21?,22?. The van der Waals surface area contributed by atoms with Gasteiger partial charge in [0.05, 0.1) is 18.6 Å². The fourth-order valence-corrected chi connectivity index (χ4v) is 6.80. The first-order chi connectivity index (χ1) is 13.9. The van der Waals surface area contributed by atoms with Gasteiger partial charge in [0.25, 0.3) is 5.91 Å². The lowest BCUT2D eigenvalue weighted by Crippen LogP contribution is -2.56. The Balaban J connectivity index is 1.19. The van der Waals surface area contributed by atoms with Crippen molar-refractivity contribution >= 4 is 29.2 Å². The van der Waals surface area contributed by atoms with Crippen LogP contribution in [0.1, 0.15) is 44.9 Å². The third-order valence-electron chi connectivity index (χ3n) is 6.79. The molecule has 4 atom stereocenters. The number of fused-ring (bicyclic) bond motifs is 1. The lowest BCUT2D eigenvalue weighted by molar-refractivity contribution is -0.171. The van der Waals surface area contributed by atoms with E-state index in [0.29, 0.717) is 48.7 Å². The zero-order chi connectivity index (χ0) is 20.1. The third kappa shape index (κ3) is 3.67. The second kappa shape index (κ2) is 7.08. The van der Waals surface area contributed by atoms with Crippen molar-refractivity contribution in [3.05, 3.63) is 18.2 Å². The molecule has 156 valence electrons. The molecule has 1 aliphatic heterocycles. The third-order valence-corrected chi connectivity index (χ3v) is 7.23. The van der Waals surface area contributed by atoms with Crippen molar-refractivity contribution in [3.63, 3.8) is 0 Å². The van der Waals surface area contributed by atoms with Gasteiger partial charge in [0.1, 0.15) is 0 Å². The molecule has 7 heteroatoms. The number of ether oxygens (including phenoxy) is 3. The molecule has 4 aliphatic carbocycles. The molecule has 1 aromatic carbocycles. The minimum Gasteiger partial charge on any atom is -0.490 e. The van der Waals surface area contributed by atoms with E-state index in [4.69, 9.17) is 25.8 Å². The van der Waals surface area contributed by atoms with Gasteiger partial charge in [0.2, 0.25) is 0 Å². The molecule has 4 saturated carbocycles. The number of halogens is 1. The molecule has 0 spiro atoms. The summed E-state index contributed by atoms with van der Waals surface area (Å²) in [7, 11) is 0. The second-order valence-corrected chi connectivity index (χ2v) is 10.0. The molecule has 0 aromatic heterocycles. The molecule has 4 bridgehead atoms. The van der Waals surface area contributed by atoms with Gasteiger partial charge in [-0.15, -0.1) is 11.6 Å². The van der Waals surface area contributed by atoms with Crippen LogP contribution in [0, 0.1) is 17.3 Å². The molecule has 0 radical (unpaired) electrons. The van der Waals surface area contributed by atoms with Gasteiger partial charge in [-0.3, -0.25) is 9.59 Å². The number of alkyl halides is 1. The Morgan fingerprint density at radius 2 is 1.83 bits per heavy atom. The van der Waals surface area contributed by atoms with Crippen LogP contribution in [0.4, 0.5) is 5.69 Å². The Hall–Kier alpha value is -1.95. The van der Waals surface area contributed by atoms with E-state index in [-0.39, 0.29) is 23.4 Å². The van der Waals surface area contributed by atoms with Crippen LogP contribution in [-0.2, 0) is 14.3 Å². The van der Waals surface area contributed by atoms with Crippen LogP contribution >= 0.6 is 11.6 Å². The Morgan fingerprint density at radius 3 is 2.55 bits per heavy atom. The van der Waals surface area contributed by atoms with Crippen molar-refractivity contribution in [3.8, 4) is 11.5 Å². The molecule has 6 rings (SSSR count). The fourth-order valence-electron chi connectivity index (χ4n) is 6.11. The summed E-state index contributed by atoms with van der Waals surface area (Å²) < 4.78 is 16.7. The number of nitrogens with one attached hydrogen (secondary N) is 1. The van der Waals surface area contributed by atoms with Crippen molar-refractivity contribution in [2.24, 2.45) is 17.3 Å². The predicted octanol–water partition coefficient (Wildman–Crippen LogP) is 3.91. The smallest absolute Gasteiger partial charge is 0.312 e. The summed E-state index contributed by atoms with van der Waals surface area (Å²) in [6.45, 7) is 0.898. The normalized spacial score (nSPS) is 34.4. The topological polar surface area (TPSA) is 73.9 Å². The van der Waals surface area contributed by atoms with Crippen molar-refractivity contribution in [2.45, 2.75) is 49.8 Å². The summed E-state index contributed by atoms with van der Waals surface area (Å²) >= 11 is 6.80. The Labute approximate surface area is 175 Å². The quantitative estimate of drug-likeness (QED) is 0.591. The zero-order valence-electron chi connectivity index (χ0n) is 16.4. The van der Waals surface area contributed by atoms with E-state index in [9.17, 15) is 9.59 Å². The Bertz CT molecular complexity index is 826. The molecule has 1 amide bonds. The lowest BCUT2D eigenvalue weighted by atomic mass is 9.49. The van der Waals surface area contributed by atoms with Gasteiger partial charge in [0.15, 0.2) is 18.1 Å². The number of carbonyl (C=O) groups is 2. The number of benzene rings is 1. The molecule has 1 aromatic rings. The first kappa shape index (κ1) is 19.0. The highest BCUT2D eigenvalue weighted by Gasteiger charge is 2.60. The van der Waals surface area contributed by atoms with Crippen LogP contribution in [0.15, 0.2) is 18.2 Å². The summed E-state index contributed by atoms with van der Waals surface area (Å²) in [4.78, 5) is 25.0. The Morgan fingerprint density at radius 1 is 1.10 bits per heavy atom. The maximum absolute atomic E-state index is 12.9. The number of amides is 1. The maximum Gasteiger partial charge on any atom is 0.312 e. The largest absolute Gasteiger partial charge is 0.490 e. The van der Waals surface area contributed by atoms with Gasteiger partial charge >= 0.3 is 5.97 Å². The predicted molar refractivity (Wildman–Crippen MR) is 107 cm³/mol. The van der Waals surface area contributed by atoms with Crippen LogP contribution < -0.4 is 14.8 Å². The molecule has 1 heterocycles. The van der Waals surface area contributed by atoms with Crippen molar-refractivity contribution in [2.75, 3.05) is 25.1 Å². The molecule has 29 heavy (non-hydrogen) atoms. The second-order valence-electron chi connectivity index (χ2n) is 9.23. The van der Waals surface area contributed by atoms with Crippen molar-refractivity contribution < 1.29 is 23.8 Å². The van der Waals surface area contributed by atoms with E-state index in [1.165, 1.54) is 6.42 Å². The van der Waals surface area contributed by atoms with E-state index in [0.717, 1.165) is 32.1 Å². The van der Waals surface area contributed by atoms with Gasteiger partial charge in [-0.1, -0.05) is 0 Å². The first-order valence-electron chi connectivity index (χ1n) is 10.5. The van der Waals surface area contributed by atoms with Crippen LogP contribution in [0.2, 0.25) is 0 Å². The Kier molecular flexibility index (Phi) is 4.65. The van der Waals surface area contributed by atoms with Gasteiger partial charge in [-0.25, -0.2) is 0 Å². The fraction of sp³-hybridized carbons (Fsp3) is 0.636. The zero-order valence-corrected chi connectivity index (χ0v) is 17.1. The SMILES string of the molecule is O=C(COC(=O)C12C[C@@H]3C[C@@H](CC(Cl)(C3)C1)C2)Nc1ccc2c(c1)OCCCO2. The molecule has 2 unspecified atom stereocenters. The first-order valence-corrected chi connectivity index (χ1v) is 10.9. The molecule has 6 nitrogen and oxygen atoms in total. The molecule has 0 saturated heterocycles. The maximum atomic E-state index is 12.9. The minimum atomic E-state index is -0.499. The van der Waals surface area contributed by atoms with Gasteiger partial charge in [0, 0.05) is 23.0 Å². The van der Waals surface area contributed by atoms with E-state index >= 15 is 0 Å². The van der Waals surface area contributed by atoms with E-state index in [2.05, 4.69) is 5.32 Å². The monoisotopic (exact) mass is 419 g/mol. The summed E-state index contributed by atoms with van der Waals surface area (Å²) in [5.74, 6) is 1.68. The van der Waals surface area contributed by atoms with E-state index in [1.807, 2.05) is 0 Å². The highest BCUT2D eigenvalue weighted by Crippen LogP contribution is 2.64. The van der Waals surface area contributed by atoms with Crippen LogP contribution in [0.5, 0.6) is 11.5 Å². The average Bonchev–Trinajstić information content (AvgIpc) is 2.89. The summed E-state index contributed by atoms with van der Waals surface area (Å²) in [5.41, 5.74) is 0.0891. The van der Waals surface area contributed by atoms with Crippen molar-refractivity contribution in [1.29, 1.82) is 0 Å². The van der Waals surface area contributed by atoms with Gasteiger partial charge in [-0.2, -0.15) is 0 Å². The highest BCUT2D eigenvalue weighted by molar-refractivity contribution is 6.24. The van der Waals surface area contributed by atoms with E-state index < -0.39 is 5.41 Å². The van der Waals surface area contributed by atoms with Crippen LogP contribution in [0.3, 0.4) is 0 Å². The van der Waals surface area contributed by atoms with Crippen LogP contribution in [-0.4, -0.2) is 36.6 Å². The molecule has 4 fully saturated rings. The van der Waals surface area contributed by atoms with Gasteiger partial charge in [-0.05, 0) is 62.5 Å².